The van der Waals surface area contributed by atoms with E-state index in [1.165, 1.54) is 37.0 Å². The van der Waals surface area contributed by atoms with E-state index in [9.17, 15) is 0 Å². The van der Waals surface area contributed by atoms with Crippen molar-refractivity contribution in [2.45, 2.75) is 52.0 Å². The monoisotopic (exact) mass is 285 g/mol. The van der Waals surface area contributed by atoms with Crippen LogP contribution < -0.4 is 5.32 Å². The van der Waals surface area contributed by atoms with Gasteiger partial charge in [-0.1, -0.05) is 38.3 Å². The maximum Gasteiger partial charge on any atom is 0.0931 e. The van der Waals surface area contributed by atoms with E-state index >= 15 is 0 Å². The van der Waals surface area contributed by atoms with E-state index in [1.54, 1.807) is 11.3 Å². The molecule has 0 aliphatic heterocycles. The Hall–Kier alpha value is -0.0500. The highest BCUT2D eigenvalue weighted by molar-refractivity contribution is 7.16. The molecule has 1 atom stereocenters. The molecule has 1 unspecified atom stereocenters. The van der Waals surface area contributed by atoms with Crippen LogP contribution in [-0.4, -0.2) is 7.05 Å². The largest absolute Gasteiger partial charge is 0.312 e. The van der Waals surface area contributed by atoms with Crippen molar-refractivity contribution in [3.63, 3.8) is 0 Å². The number of nitrogens with one attached hydrogen (secondary N) is 1. The summed E-state index contributed by atoms with van der Waals surface area (Å²) in [6, 6.07) is 4.71. The van der Waals surface area contributed by atoms with E-state index in [2.05, 4.69) is 32.3 Å². The van der Waals surface area contributed by atoms with Gasteiger partial charge in [0.1, 0.15) is 0 Å². The van der Waals surface area contributed by atoms with Gasteiger partial charge in [-0.05, 0) is 49.8 Å². The van der Waals surface area contributed by atoms with E-state index in [0.717, 1.165) is 10.3 Å². The lowest BCUT2D eigenvalue weighted by Gasteiger charge is -2.38. The Labute approximate surface area is 120 Å². The molecule has 1 fully saturated rings. The van der Waals surface area contributed by atoms with Gasteiger partial charge in [0.2, 0.25) is 0 Å². The number of hydrogen-bond acceptors (Lipinski definition) is 2. The molecule has 0 radical (unpaired) electrons. The van der Waals surface area contributed by atoms with Crippen LogP contribution in [0.4, 0.5) is 0 Å². The van der Waals surface area contributed by atoms with Crippen molar-refractivity contribution in [3.8, 4) is 0 Å². The van der Waals surface area contributed by atoms with Crippen molar-refractivity contribution >= 4 is 22.9 Å². The predicted molar refractivity (Wildman–Crippen MR) is 81.5 cm³/mol. The number of halogens is 1. The van der Waals surface area contributed by atoms with Crippen LogP contribution in [0.1, 0.15) is 56.9 Å². The first-order valence-corrected chi connectivity index (χ1v) is 8.19. The highest BCUT2D eigenvalue weighted by atomic mass is 35.5. The van der Waals surface area contributed by atoms with Gasteiger partial charge < -0.3 is 5.32 Å². The summed E-state index contributed by atoms with van der Waals surface area (Å²) in [6.07, 6.45) is 6.78. The van der Waals surface area contributed by atoms with Crippen molar-refractivity contribution in [2.24, 2.45) is 11.3 Å². The molecule has 2 rings (SSSR count). The van der Waals surface area contributed by atoms with E-state index in [4.69, 9.17) is 11.6 Å². The van der Waals surface area contributed by atoms with Crippen LogP contribution in [0.25, 0.3) is 0 Å². The normalized spacial score (nSPS) is 20.5. The molecule has 0 amide bonds. The van der Waals surface area contributed by atoms with Gasteiger partial charge >= 0.3 is 0 Å². The lowest BCUT2D eigenvalue weighted by Crippen LogP contribution is -2.35. The molecule has 1 aromatic rings. The molecule has 0 saturated heterocycles. The van der Waals surface area contributed by atoms with Crippen LogP contribution in [0.2, 0.25) is 4.34 Å². The second-order valence-corrected chi connectivity index (χ2v) is 7.78. The molecule has 1 N–H and O–H groups in total. The molecular formula is C15H24ClNS. The smallest absolute Gasteiger partial charge is 0.0931 e. The van der Waals surface area contributed by atoms with Crippen molar-refractivity contribution in [1.82, 2.24) is 5.32 Å². The van der Waals surface area contributed by atoms with Gasteiger partial charge in [0.05, 0.1) is 4.34 Å². The SMILES string of the molecule is CNC(c1ccc(Cl)s1)C1(CC(C)C)CCCC1. The highest BCUT2D eigenvalue weighted by Crippen LogP contribution is 2.52. The van der Waals surface area contributed by atoms with Crippen molar-refractivity contribution in [1.29, 1.82) is 0 Å². The van der Waals surface area contributed by atoms with Gasteiger partial charge in [0.15, 0.2) is 0 Å². The van der Waals surface area contributed by atoms with E-state index < -0.39 is 0 Å². The van der Waals surface area contributed by atoms with Crippen molar-refractivity contribution in [3.05, 3.63) is 21.3 Å². The summed E-state index contributed by atoms with van der Waals surface area (Å²) in [6.45, 7) is 4.68. The maximum absolute atomic E-state index is 6.11. The molecular weight excluding hydrogens is 262 g/mol. The van der Waals surface area contributed by atoms with Gasteiger partial charge in [0, 0.05) is 10.9 Å². The Balaban J connectivity index is 2.27. The fourth-order valence-electron chi connectivity index (χ4n) is 3.74. The molecule has 1 aliphatic rings. The zero-order valence-corrected chi connectivity index (χ0v) is 13.2. The van der Waals surface area contributed by atoms with E-state index in [-0.39, 0.29) is 0 Å². The zero-order valence-electron chi connectivity index (χ0n) is 11.6. The summed E-state index contributed by atoms with van der Waals surface area (Å²) in [5, 5.41) is 3.57. The van der Waals surface area contributed by atoms with Crippen LogP contribution in [-0.2, 0) is 0 Å². The molecule has 1 aliphatic carbocycles. The van der Waals surface area contributed by atoms with Gasteiger partial charge in [-0.25, -0.2) is 0 Å². The average Bonchev–Trinajstić information content (AvgIpc) is 2.89. The summed E-state index contributed by atoms with van der Waals surface area (Å²) in [5.74, 6) is 0.759. The average molecular weight is 286 g/mol. The van der Waals surface area contributed by atoms with Gasteiger partial charge in [-0.15, -0.1) is 11.3 Å². The first kappa shape index (κ1) is 14.4. The molecule has 1 nitrogen and oxygen atoms in total. The molecule has 0 bridgehead atoms. The van der Waals surface area contributed by atoms with Gasteiger partial charge in [-0.3, -0.25) is 0 Å². The Kier molecular flexibility index (Phi) is 4.74. The summed E-state index contributed by atoms with van der Waals surface area (Å²) in [7, 11) is 2.10. The molecule has 0 aromatic carbocycles. The third-order valence-electron chi connectivity index (χ3n) is 4.19. The fraction of sp³-hybridized carbons (Fsp3) is 0.733. The maximum atomic E-state index is 6.11. The predicted octanol–water partition coefficient (Wildman–Crippen LogP) is 5.27. The Morgan fingerprint density at radius 2 is 2.00 bits per heavy atom. The quantitative estimate of drug-likeness (QED) is 0.777. The summed E-state index contributed by atoms with van der Waals surface area (Å²) >= 11 is 7.85. The van der Waals surface area contributed by atoms with Crippen LogP contribution >= 0.6 is 22.9 Å². The topological polar surface area (TPSA) is 12.0 Å². The minimum Gasteiger partial charge on any atom is -0.312 e. The highest BCUT2D eigenvalue weighted by Gasteiger charge is 2.42. The minimum atomic E-state index is 0.442. The summed E-state index contributed by atoms with van der Waals surface area (Å²) < 4.78 is 0.906. The van der Waals surface area contributed by atoms with Crippen LogP contribution in [0, 0.1) is 11.3 Å². The van der Waals surface area contributed by atoms with Crippen LogP contribution in [0.5, 0.6) is 0 Å². The standard InChI is InChI=1S/C15H24ClNS/c1-11(2)10-15(8-4-5-9-15)14(17-3)12-6-7-13(16)18-12/h6-7,11,14,17H,4-5,8-10H2,1-3H3. The summed E-state index contributed by atoms with van der Waals surface area (Å²) in [4.78, 5) is 1.41. The Bertz CT molecular complexity index is 380. The van der Waals surface area contributed by atoms with Crippen molar-refractivity contribution in [2.75, 3.05) is 7.05 Å². The van der Waals surface area contributed by atoms with Gasteiger partial charge in [0.25, 0.3) is 0 Å². The molecule has 3 heteroatoms. The summed E-state index contributed by atoms with van der Waals surface area (Å²) in [5.41, 5.74) is 0.442. The second-order valence-electron chi connectivity index (χ2n) is 6.03. The van der Waals surface area contributed by atoms with Crippen LogP contribution in [0.15, 0.2) is 12.1 Å². The fourth-order valence-corrected chi connectivity index (χ4v) is 5.05. The van der Waals surface area contributed by atoms with Gasteiger partial charge in [-0.2, -0.15) is 0 Å². The third kappa shape index (κ3) is 2.92. The lowest BCUT2D eigenvalue weighted by atomic mass is 9.72. The number of thiophene rings is 1. The lowest BCUT2D eigenvalue weighted by molar-refractivity contribution is 0.164. The first-order valence-electron chi connectivity index (χ1n) is 7.00. The zero-order chi connectivity index (χ0) is 13.2. The molecule has 18 heavy (non-hydrogen) atoms. The molecule has 102 valence electrons. The first-order chi connectivity index (χ1) is 8.57. The number of rotatable bonds is 5. The molecule has 1 aromatic heterocycles. The minimum absolute atomic E-state index is 0.442. The Morgan fingerprint density at radius 3 is 2.44 bits per heavy atom. The van der Waals surface area contributed by atoms with E-state index in [0.29, 0.717) is 11.5 Å². The second kappa shape index (κ2) is 5.94. The van der Waals surface area contributed by atoms with Crippen LogP contribution in [0.3, 0.4) is 0 Å². The molecule has 1 saturated carbocycles. The molecule has 1 heterocycles. The van der Waals surface area contributed by atoms with E-state index in [1.807, 2.05) is 6.07 Å². The molecule has 0 spiro atoms. The third-order valence-corrected chi connectivity index (χ3v) is 5.49. The van der Waals surface area contributed by atoms with Crippen molar-refractivity contribution < 1.29 is 0 Å². The Morgan fingerprint density at radius 1 is 1.33 bits per heavy atom. The number of hydrogen-bond donors (Lipinski definition) is 1.